The Kier molecular flexibility index (Phi) is 6.71. The molecule has 0 saturated heterocycles. The molecule has 0 spiro atoms. The highest BCUT2D eigenvalue weighted by Gasteiger charge is 2.15. The van der Waals surface area contributed by atoms with Gasteiger partial charge in [-0.15, -0.1) is 0 Å². The predicted molar refractivity (Wildman–Crippen MR) is 116 cm³/mol. The van der Waals surface area contributed by atoms with E-state index in [1.54, 1.807) is 48.5 Å². The molecule has 10 heteroatoms. The second-order valence-electron chi connectivity index (χ2n) is 6.02. The molecule has 9 nitrogen and oxygen atoms in total. The molecule has 3 aromatic rings. The summed E-state index contributed by atoms with van der Waals surface area (Å²) in [5.74, 6) is -0.298. The van der Waals surface area contributed by atoms with E-state index in [1.165, 1.54) is 7.11 Å². The van der Waals surface area contributed by atoms with Gasteiger partial charge in [0.1, 0.15) is 11.4 Å². The zero-order chi connectivity index (χ0) is 21.5. The second kappa shape index (κ2) is 9.61. The summed E-state index contributed by atoms with van der Waals surface area (Å²) in [5, 5.41) is 5.36. The van der Waals surface area contributed by atoms with E-state index in [9.17, 15) is 14.4 Å². The van der Waals surface area contributed by atoms with Gasteiger partial charge in [-0.1, -0.05) is 30.0 Å². The third kappa shape index (κ3) is 5.39. The third-order valence-corrected chi connectivity index (χ3v) is 4.79. The third-order valence-electron chi connectivity index (χ3n) is 3.91. The van der Waals surface area contributed by atoms with Gasteiger partial charge in [0.15, 0.2) is 11.0 Å². The molecular weight excluding hydrogens is 406 g/mol. The molecule has 2 amide bonds. The van der Waals surface area contributed by atoms with Gasteiger partial charge in [-0.25, -0.2) is 4.98 Å². The Morgan fingerprint density at radius 2 is 1.80 bits per heavy atom. The lowest BCUT2D eigenvalue weighted by molar-refractivity contribution is -0.113. The number of hydrogen-bond acceptors (Lipinski definition) is 7. The molecular formula is C20H19N5O4S. The van der Waals surface area contributed by atoms with Crippen LogP contribution in [0.5, 0.6) is 5.75 Å². The molecule has 0 unspecified atom stereocenters. The molecule has 5 N–H and O–H groups in total. The van der Waals surface area contributed by atoms with Gasteiger partial charge in [0.05, 0.1) is 12.9 Å². The molecule has 0 atom stereocenters. The average molecular weight is 425 g/mol. The van der Waals surface area contributed by atoms with E-state index < -0.39 is 11.5 Å². The first-order chi connectivity index (χ1) is 14.5. The van der Waals surface area contributed by atoms with Crippen molar-refractivity contribution in [2.45, 2.75) is 5.16 Å². The van der Waals surface area contributed by atoms with Gasteiger partial charge >= 0.3 is 0 Å². The first-order valence-electron chi connectivity index (χ1n) is 8.79. The summed E-state index contributed by atoms with van der Waals surface area (Å²) in [6.45, 7) is 0. The normalized spacial score (nSPS) is 10.3. The van der Waals surface area contributed by atoms with Crippen LogP contribution in [-0.4, -0.2) is 34.6 Å². The van der Waals surface area contributed by atoms with Crippen molar-refractivity contribution in [2.75, 3.05) is 29.2 Å². The quantitative estimate of drug-likeness (QED) is 0.336. The SMILES string of the molecule is COc1ccc(C(=O)Nc2c(N)nc(SCC(=O)Nc3ccccc3)[nH]c2=O)cc1. The zero-order valence-corrected chi connectivity index (χ0v) is 16.8. The number of aromatic nitrogens is 2. The van der Waals surface area contributed by atoms with E-state index in [1.807, 2.05) is 6.07 Å². The van der Waals surface area contributed by atoms with Crippen LogP contribution in [0.15, 0.2) is 64.5 Å². The van der Waals surface area contributed by atoms with Crippen molar-refractivity contribution in [1.29, 1.82) is 0 Å². The van der Waals surface area contributed by atoms with Crippen molar-refractivity contribution >= 4 is 40.8 Å². The monoisotopic (exact) mass is 425 g/mol. The summed E-state index contributed by atoms with van der Waals surface area (Å²) in [6.07, 6.45) is 0. The molecule has 3 rings (SSSR count). The first-order valence-corrected chi connectivity index (χ1v) is 9.77. The van der Waals surface area contributed by atoms with Gasteiger partial charge < -0.3 is 21.1 Å². The summed E-state index contributed by atoms with van der Waals surface area (Å²) in [5.41, 5.74) is 6.06. The minimum Gasteiger partial charge on any atom is -0.497 e. The Morgan fingerprint density at radius 1 is 1.10 bits per heavy atom. The molecule has 0 saturated carbocycles. The fourth-order valence-electron chi connectivity index (χ4n) is 2.44. The number of aromatic amines is 1. The number of nitrogens with two attached hydrogens (primary N) is 1. The number of hydrogen-bond donors (Lipinski definition) is 4. The number of amides is 2. The molecule has 30 heavy (non-hydrogen) atoms. The molecule has 2 aromatic carbocycles. The molecule has 0 radical (unpaired) electrons. The van der Waals surface area contributed by atoms with Gasteiger partial charge in [-0.3, -0.25) is 19.4 Å². The van der Waals surface area contributed by atoms with Crippen LogP contribution in [0.4, 0.5) is 17.2 Å². The van der Waals surface area contributed by atoms with Gasteiger partial charge in [-0.2, -0.15) is 0 Å². The van der Waals surface area contributed by atoms with Crippen LogP contribution >= 0.6 is 11.8 Å². The Labute approximate surface area is 176 Å². The first kappa shape index (κ1) is 20.9. The maximum atomic E-state index is 12.3. The number of anilines is 3. The summed E-state index contributed by atoms with van der Waals surface area (Å²) in [7, 11) is 1.52. The number of para-hydroxylation sites is 1. The van der Waals surface area contributed by atoms with Crippen LogP contribution in [0.3, 0.4) is 0 Å². The Bertz CT molecular complexity index is 1100. The largest absolute Gasteiger partial charge is 0.497 e. The number of nitrogen functional groups attached to an aromatic ring is 1. The fourth-order valence-corrected chi connectivity index (χ4v) is 3.11. The summed E-state index contributed by atoms with van der Waals surface area (Å²) in [4.78, 5) is 43.3. The topological polar surface area (TPSA) is 139 Å². The number of nitrogens with zero attached hydrogens (tertiary/aromatic N) is 1. The van der Waals surface area contributed by atoms with Crippen molar-refractivity contribution < 1.29 is 14.3 Å². The number of carbonyl (C=O) groups excluding carboxylic acids is 2. The number of benzene rings is 2. The minimum absolute atomic E-state index is 0.0226. The molecule has 0 bridgehead atoms. The lowest BCUT2D eigenvalue weighted by Gasteiger charge is -2.09. The van der Waals surface area contributed by atoms with E-state index in [2.05, 4.69) is 20.6 Å². The van der Waals surface area contributed by atoms with Crippen LogP contribution in [0.25, 0.3) is 0 Å². The van der Waals surface area contributed by atoms with E-state index in [0.717, 1.165) is 11.8 Å². The van der Waals surface area contributed by atoms with Crippen LogP contribution < -0.4 is 26.7 Å². The van der Waals surface area contributed by atoms with Crippen molar-refractivity contribution in [3.8, 4) is 5.75 Å². The number of nitrogens with one attached hydrogen (secondary N) is 3. The molecule has 1 heterocycles. The summed E-state index contributed by atoms with van der Waals surface area (Å²) in [6, 6.07) is 15.4. The summed E-state index contributed by atoms with van der Waals surface area (Å²) < 4.78 is 5.04. The van der Waals surface area contributed by atoms with Gasteiger partial charge in [0.25, 0.3) is 11.5 Å². The fraction of sp³-hybridized carbons (Fsp3) is 0.100. The van der Waals surface area contributed by atoms with Crippen LogP contribution in [-0.2, 0) is 4.79 Å². The number of H-pyrrole nitrogens is 1. The van der Waals surface area contributed by atoms with Gasteiger partial charge in [0, 0.05) is 11.3 Å². The average Bonchev–Trinajstić information content (AvgIpc) is 2.75. The second-order valence-corrected chi connectivity index (χ2v) is 6.98. The van der Waals surface area contributed by atoms with Gasteiger partial charge in [0.2, 0.25) is 5.91 Å². The molecule has 154 valence electrons. The maximum absolute atomic E-state index is 12.3. The van der Waals surface area contributed by atoms with Crippen molar-refractivity contribution in [3.05, 3.63) is 70.5 Å². The number of methoxy groups -OCH3 is 1. The van der Waals surface area contributed by atoms with Crippen LogP contribution in [0.2, 0.25) is 0 Å². The Morgan fingerprint density at radius 3 is 2.43 bits per heavy atom. The predicted octanol–water partition coefficient (Wildman–Crippen LogP) is 2.34. The Hall–Kier alpha value is -3.79. The molecule has 0 fully saturated rings. The molecule has 0 aliphatic carbocycles. The van der Waals surface area contributed by atoms with Gasteiger partial charge in [-0.05, 0) is 36.4 Å². The number of carbonyl (C=O) groups is 2. The van der Waals surface area contributed by atoms with Crippen molar-refractivity contribution in [3.63, 3.8) is 0 Å². The maximum Gasteiger partial charge on any atom is 0.277 e. The standard InChI is InChI=1S/C20H19N5O4S/c1-29-14-9-7-12(8-10-14)18(27)23-16-17(21)24-20(25-19(16)28)30-11-15(26)22-13-5-3-2-4-6-13/h2-10H,11H2,1H3,(H,22,26)(H,23,27)(H3,21,24,25,28). The van der Waals surface area contributed by atoms with E-state index in [4.69, 9.17) is 10.5 Å². The highest BCUT2D eigenvalue weighted by Crippen LogP contribution is 2.18. The lowest BCUT2D eigenvalue weighted by atomic mass is 10.2. The van der Waals surface area contributed by atoms with E-state index in [0.29, 0.717) is 17.0 Å². The number of ether oxygens (including phenoxy) is 1. The zero-order valence-electron chi connectivity index (χ0n) is 16.0. The van der Waals surface area contributed by atoms with E-state index >= 15 is 0 Å². The lowest BCUT2D eigenvalue weighted by Crippen LogP contribution is -2.23. The van der Waals surface area contributed by atoms with Crippen LogP contribution in [0, 0.1) is 0 Å². The molecule has 0 aliphatic heterocycles. The molecule has 1 aromatic heterocycles. The number of thioether (sulfide) groups is 1. The minimum atomic E-state index is -0.615. The molecule has 0 aliphatic rings. The smallest absolute Gasteiger partial charge is 0.277 e. The highest BCUT2D eigenvalue weighted by molar-refractivity contribution is 7.99. The Balaban J connectivity index is 1.63. The highest BCUT2D eigenvalue weighted by atomic mass is 32.2. The van der Waals surface area contributed by atoms with Crippen molar-refractivity contribution in [2.24, 2.45) is 0 Å². The van der Waals surface area contributed by atoms with Crippen molar-refractivity contribution in [1.82, 2.24) is 9.97 Å². The van der Waals surface area contributed by atoms with E-state index in [-0.39, 0.29) is 28.3 Å². The summed E-state index contributed by atoms with van der Waals surface area (Å²) >= 11 is 1.02. The number of rotatable bonds is 7. The van der Waals surface area contributed by atoms with Crippen LogP contribution in [0.1, 0.15) is 10.4 Å².